The Kier molecular flexibility index (Phi) is 3.47. The first-order chi connectivity index (χ1) is 6.69. The van der Waals surface area contributed by atoms with Gasteiger partial charge in [-0.05, 0) is 6.92 Å². The number of carbonyl (C=O) groups is 1. The van der Waals surface area contributed by atoms with Crippen molar-refractivity contribution in [3.8, 4) is 0 Å². The number of nitrogen functional groups attached to an aromatic ring is 1. The second kappa shape index (κ2) is 4.61. The number of hydrogen-bond acceptors (Lipinski definition) is 5. The third kappa shape index (κ3) is 2.23. The van der Waals surface area contributed by atoms with E-state index in [1.54, 1.807) is 0 Å². The molecule has 0 fully saturated rings. The van der Waals surface area contributed by atoms with E-state index < -0.39 is 0 Å². The Morgan fingerprint density at radius 2 is 2.29 bits per heavy atom. The third-order valence-corrected chi connectivity index (χ3v) is 1.70. The molecule has 0 bridgehead atoms. The van der Waals surface area contributed by atoms with Gasteiger partial charge in [-0.3, -0.25) is 4.79 Å². The summed E-state index contributed by atoms with van der Waals surface area (Å²) in [6.45, 7) is 2.53. The number of nitrogens with two attached hydrogens (primary N) is 1. The summed E-state index contributed by atoms with van der Waals surface area (Å²) in [6.07, 6.45) is 0.502. The molecule has 14 heavy (non-hydrogen) atoms. The van der Waals surface area contributed by atoms with Gasteiger partial charge in [0.1, 0.15) is 5.69 Å². The molecule has 1 aromatic rings. The second-order valence-electron chi connectivity index (χ2n) is 2.39. The maximum absolute atomic E-state index is 10.3. The maximum atomic E-state index is 10.3. The van der Waals surface area contributed by atoms with Crippen LogP contribution >= 0.6 is 11.6 Å². The molecular formula is C7H10ClN5O. The fourth-order valence-corrected chi connectivity index (χ4v) is 1.16. The van der Waals surface area contributed by atoms with Gasteiger partial charge in [-0.15, -0.1) is 0 Å². The van der Waals surface area contributed by atoms with E-state index in [0.29, 0.717) is 24.5 Å². The lowest BCUT2D eigenvalue weighted by Crippen LogP contribution is -2.09. The van der Waals surface area contributed by atoms with Gasteiger partial charge >= 0.3 is 0 Å². The van der Waals surface area contributed by atoms with Crippen molar-refractivity contribution in [3.05, 3.63) is 5.15 Å². The van der Waals surface area contributed by atoms with Crippen LogP contribution in [0.4, 0.5) is 17.5 Å². The van der Waals surface area contributed by atoms with Crippen molar-refractivity contribution >= 4 is 35.5 Å². The predicted octanol–water partition coefficient (Wildman–Crippen LogP) is 0.712. The average molecular weight is 216 g/mol. The second-order valence-corrected chi connectivity index (χ2v) is 2.75. The van der Waals surface area contributed by atoms with Gasteiger partial charge in [0.25, 0.3) is 0 Å². The van der Waals surface area contributed by atoms with Gasteiger partial charge < -0.3 is 16.4 Å². The smallest absolute Gasteiger partial charge is 0.223 e. The van der Waals surface area contributed by atoms with E-state index >= 15 is 0 Å². The Balaban J connectivity index is 3.13. The van der Waals surface area contributed by atoms with Crippen molar-refractivity contribution in [2.24, 2.45) is 0 Å². The summed E-state index contributed by atoms with van der Waals surface area (Å²) in [4.78, 5) is 17.9. The Morgan fingerprint density at radius 3 is 2.86 bits per heavy atom. The largest absolute Gasteiger partial charge is 0.368 e. The fraction of sp³-hybridized carbons (Fsp3) is 0.286. The zero-order valence-electron chi connectivity index (χ0n) is 7.54. The number of aromatic nitrogens is 2. The molecular weight excluding hydrogens is 206 g/mol. The molecule has 76 valence electrons. The van der Waals surface area contributed by atoms with Gasteiger partial charge in [0.05, 0.1) is 0 Å². The van der Waals surface area contributed by atoms with Crippen LogP contribution in [0.5, 0.6) is 0 Å². The molecule has 0 radical (unpaired) electrons. The lowest BCUT2D eigenvalue weighted by atomic mass is 10.4. The van der Waals surface area contributed by atoms with E-state index in [4.69, 9.17) is 17.3 Å². The van der Waals surface area contributed by atoms with Gasteiger partial charge in [0.2, 0.25) is 12.4 Å². The normalized spacial score (nSPS) is 9.57. The number of hydrogen-bond donors (Lipinski definition) is 3. The minimum atomic E-state index is 0.0578. The van der Waals surface area contributed by atoms with Gasteiger partial charge in [-0.1, -0.05) is 11.6 Å². The van der Waals surface area contributed by atoms with Crippen LogP contribution in [0.2, 0.25) is 5.15 Å². The first-order valence-corrected chi connectivity index (χ1v) is 4.34. The van der Waals surface area contributed by atoms with Gasteiger partial charge in [-0.25, -0.2) is 0 Å². The molecule has 0 atom stereocenters. The summed E-state index contributed by atoms with van der Waals surface area (Å²) >= 11 is 5.76. The molecule has 1 rings (SSSR count). The molecule has 0 saturated carbocycles. The third-order valence-electron chi connectivity index (χ3n) is 1.43. The molecule has 1 heterocycles. The highest BCUT2D eigenvalue weighted by molar-refractivity contribution is 6.33. The number of nitrogens with one attached hydrogen (secondary N) is 2. The Labute approximate surface area is 85.9 Å². The minimum Gasteiger partial charge on any atom is -0.368 e. The van der Waals surface area contributed by atoms with E-state index in [0.717, 1.165) is 0 Å². The molecule has 0 aliphatic rings. The summed E-state index contributed by atoms with van der Waals surface area (Å²) < 4.78 is 0. The molecule has 1 amide bonds. The maximum Gasteiger partial charge on any atom is 0.223 e. The topological polar surface area (TPSA) is 92.9 Å². The van der Waals surface area contributed by atoms with Gasteiger partial charge in [-0.2, -0.15) is 9.97 Å². The Hall–Kier alpha value is -1.56. The van der Waals surface area contributed by atoms with Crippen LogP contribution in [0, 0.1) is 0 Å². The van der Waals surface area contributed by atoms with Crippen molar-refractivity contribution in [1.29, 1.82) is 0 Å². The molecule has 0 aliphatic heterocycles. The highest BCUT2D eigenvalue weighted by Crippen LogP contribution is 2.27. The molecule has 0 aromatic carbocycles. The zero-order chi connectivity index (χ0) is 10.6. The van der Waals surface area contributed by atoms with Crippen molar-refractivity contribution in [1.82, 2.24) is 9.97 Å². The van der Waals surface area contributed by atoms with Crippen LogP contribution < -0.4 is 16.4 Å². The van der Waals surface area contributed by atoms with Crippen LogP contribution in [0.15, 0.2) is 0 Å². The van der Waals surface area contributed by atoms with E-state index in [2.05, 4.69) is 20.6 Å². The van der Waals surface area contributed by atoms with Crippen LogP contribution in [0.25, 0.3) is 0 Å². The first-order valence-electron chi connectivity index (χ1n) is 3.96. The van der Waals surface area contributed by atoms with E-state index in [1.807, 2.05) is 6.92 Å². The lowest BCUT2D eigenvalue weighted by molar-refractivity contribution is -0.105. The number of anilines is 3. The van der Waals surface area contributed by atoms with E-state index in [-0.39, 0.29) is 11.1 Å². The quantitative estimate of drug-likeness (QED) is 0.508. The number of rotatable bonds is 4. The summed E-state index contributed by atoms with van der Waals surface area (Å²) in [7, 11) is 0. The molecule has 0 spiro atoms. The summed E-state index contributed by atoms with van der Waals surface area (Å²) in [5, 5.41) is 5.42. The number of halogens is 1. The van der Waals surface area contributed by atoms with Crippen molar-refractivity contribution < 1.29 is 4.79 Å². The SMILES string of the molecule is CCNc1nc(N)nc(Cl)c1NC=O. The van der Waals surface area contributed by atoms with Crippen molar-refractivity contribution in [2.45, 2.75) is 6.92 Å². The molecule has 1 aromatic heterocycles. The molecule has 4 N–H and O–H groups in total. The van der Waals surface area contributed by atoms with Gasteiger partial charge in [0.15, 0.2) is 11.0 Å². The van der Waals surface area contributed by atoms with E-state index in [9.17, 15) is 4.79 Å². The minimum absolute atomic E-state index is 0.0578. The van der Waals surface area contributed by atoms with Gasteiger partial charge in [0, 0.05) is 6.54 Å². The van der Waals surface area contributed by atoms with Crippen LogP contribution in [0.3, 0.4) is 0 Å². The summed E-state index contributed by atoms with van der Waals surface area (Å²) in [5.41, 5.74) is 5.72. The monoisotopic (exact) mass is 215 g/mol. The van der Waals surface area contributed by atoms with Crippen LogP contribution in [0.1, 0.15) is 6.92 Å². The number of carbonyl (C=O) groups excluding carboxylic acids is 1. The van der Waals surface area contributed by atoms with Crippen molar-refractivity contribution in [2.75, 3.05) is 22.9 Å². The molecule has 6 nitrogen and oxygen atoms in total. The molecule has 0 saturated heterocycles. The zero-order valence-corrected chi connectivity index (χ0v) is 8.30. The first kappa shape index (κ1) is 10.5. The van der Waals surface area contributed by atoms with E-state index in [1.165, 1.54) is 0 Å². The fourth-order valence-electron chi connectivity index (χ4n) is 0.932. The average Bonchev–Trinajstić information content (AvgIpc) is 2.11. The molecule has 0 aliphatic carbocycles. The Bertz CT molecular complexity index is 343. The molecule has 0 unspecified atom stereocenters. The van der Waals surface area contributed by atoms with Crippen LogP contribution in [-0.4, -0.2) is 22.9 Å². The summed E-state index contributed by atoms with van der Waals surface area (Å²) in [5.74, 6) is 0.472. The highest BCUT2D eigenvalue weighted by atomic mass is 35.5. The Morgan fingerprint density at radius 1 is 1.57 bits per heavy atom. The van der Waals surface area contributed by atoms with Crippen molar-refractivity contribution in [3.63, 3.8) is 0 Å². The summed E-state index contributed by atoms with van der Waals surface area (Å²) in [6, 6.07) is 0. The predicted molar refractivity (Wildman–Crippen MR) is 55.3 cm³/mol. The number of nitrogens with zero attached hydrogens (tertiary/aromatic N) is 2. The lowest BCUT2D eigenvalue weighted by Gasteiger charge is -2.09. The number of amides is 1. The molecule has 7 heteroatoms. The standard InChI is InChI=1S/C7H10ClN5O/c1-2-10-6-4(11-3-14)5(8)12-7(9)13-6/h3H,2H2,1H3,(H,11,14)(H3,9,10,12,13). The van der Waals surface area contributed by atoms with Crippen LogP contribution in [-0.2, 0) is 4.79 Å². The highest BCUT2D eigenvalue weighted by Gasteiger charge is 2.10.